The second-order valence-electron chi connectivity index (χ2n) is 4.96. The Morgan fingerprint density at radius 1 is 1.35 bits per heavy atom. The highest BCUT2D eigenvalue weighted by molar-refractivity contribution is 5.76. The molecule has 0 atom stereocenters. The van der Waals surface area contributed by atoms with Gasteiger partial charge in [0.1, 0.15) is 0 Å². The minimum absolute atomic E-state index is 0.0540. The van der Waals surface area contributed by atoms with Crippen molar-refractivity contribution < 1.29 is 14.3 Å². The van der Waals surface area contributed by atoms with Gasteiger partial charge in [0, 0.05) is 12.6 Å². The van der Waals surface area contributed by atoms with Crippen molar-refractivity contribution >= 4 is 5.91 Å². The van der Waals surface area contributed by atoms with E-state index in [0.717, 1.165) is 24.9 Å². The Bertz CT molecular complexity index is 458. The van der Waals surface area contributed by atoms with Gasteiger partial charge in [0.25, 0.3) is 0 Å². The molecule has 20 heavy (non-hydrogen) atoms. The van der Waals surface area contributed by atoms with Crippen molar-refractivity contribution in [3.05, 3.63) is 23.8 Å². The molecule has 1 aromatic rings. The molecule has 1 aliphatic rings. The lowest BCUT2D eigenvalue weighted by atomic mass is 10.2. The molecule has 1 amide bonds. The van der Waals surface area contributed by atoms with Crippen LogP contribution < -0.4 is 20.1 Å². The molecular formula is C15H22N2O3. The van der Waals surface area contributed by atoms with E-state index < -0.39 is 0 Å². The normalized spacial score (nSPS) is 13.9. The van der Waals surface area contributed by atoms with Crippen molar-refractivity contribution in [2.45, 2.75) is 31.8 Å². The van der Waals surface area contributed by atoms with Crippen molar-refractivity contribution in [2.24, 2.45) is 0 Å². The number of ether oxygens (including phenoxy) is 2. The first-order chi connectivity index (χ1) is 9.72. The van der Waals surface area contributed by atoms with Crippen LogP contribution in [0.1, 0.15) is 24.8 Å². The summed E-state index contributed by atoms with van der Waals surface area (Å²) in [6.45, 7) is 1.14. The van der Waals surface area contributed by atoms with Crippen molar-refractivity contribution in [2.75, 3.05) is 20.8 Å². The molecule has 2 N–H and O–H groups in total. The predicted octanol–water partition coefficient (Wildman–Crippen LogP) is 1.46. The molecule has 2 rings (SSSR count). The molecule has 110 valence electrons. The average Bonchev–Trinajstić information content (AvgIpc) is 3.24. The number of hydrogen-bond donors (Lipinski definition) is 2. The maximum atomic E-state index is 11.5. The number of rotatable bonds is 8. The average molecular weight is 278 g/mol. The maximum absolute atomic E-state index is 11.5. The van der Waals surface area contributed by atoms with Crippen LogP contribution in [-0.4, -0.2) is 32.7 Å². The van der Waals surface area contributed by atoms with Gasteiger partial charge in [0.2, 0.25) is 5.91 Å². The van der Waals surface area contributed by atoms with Crippen molar-refractivity contribution in [1.82, 2.24) is 10.6 Å². The zero-order valence-corrected chi connectivity index (χ0v) is 12.1. The summed E-state index contributed by atoms with van der Waals surface area (Å²) in [5.41, 5.74) is 1.13. The van der Waals surface area contributed by atoms with Gasteiger partial charge in [-0.2, -0.15) is 0 Å². The van der Waals surface area contributed by atoms with Crippen LogP contribution >= 0.6 is 0 Å². The molecule has 5 nitrogen and oxygen atoms in total. The zero-order chi connectivity index (χ0) is 14.4. The first kappa shape index (κ1) is 14.7. The number of carbonyl (C=O) groups excluding carboxylic acids is 1. The number of nitrogens with one attached hydrogen (secondary N) is 2. The van der Waals surface area contributed by atoms with Crippen LogP contribution in [0.15, 0.2) is 18.2 Å². The molecule has 0 saturated heterocycles. The molecule has 0 unspecified atom stereocenters. The van der Waals surface area contributed by atoms with Gasteiger partial charge in [0.15, 0.2) is 11.5 Å². The SMILES string of the molecule is CNCc1ccc(OCCC(=O)NC2CC2)c(OC)c1. The number of methoxy groups -OCH3 is 1. The first-order valence-electron chi connectivity index (χ1n) is 6.96. The highest BCUT2D eigenvalue weighted by Gasteiger charge is 2.22. The Kier molecular flexibility index (Phi) is 5.24. The lowest BCUT2D eigenvalue weighted by Gasteiger charge is -2.12. The topological polar surface area (TPSA) is 59.6 Å². The fourth-order valence-corrected chi connectivity index (χ4v) is 1.93. The first-order valence-corrected chi connectivity index (χ1v) is 6.96. The highest BCUT2D eigenvalue weighted by atomic mass is 16.5. The lowest BCUT2D eigenvalue weighted by molar-refractivity contribution is -0.121. The summed E-state index contributed by atoms with van der Waals surface area (Å²) in [5.74, 6) is 1.42. The van der Waals surface area contributed by atoms with E-state index >= 15 is 0 Å². The van der Waals surface area contributed by atoms with Crippen LogP contribution in [0.4, 0.5) is 0 Å². The largest absolute Gasteiger partial charge is 0.493 e. The van der Waals surface area contributed by atoms with Crippen LogP contribution in [0.2, 0.25) is 0 Å². The molecule has 0 heterocycles. The van der Waals surface area contributed by atoms with Gasteiger partial charge in [-0.05, 0) is 37.6 Å². The Hall–Kier alpha value is -1.75. The third-order valence-electron chi connectivity index (χ3n) is 3.14. The van der Waals surface area contributed by atoms with E-state index in [9.17, 15) is 4.79 Å². The van der Waals surface area contributed by atoms with E-state index in [2.05, 4.69) is 10.6 Å². The van der Waals surface area contributed by atoms with Crippen LogP contribution in [0, 0.1) is 0 Å². The third-order valence-corrected chi connectivity index (χ3v) is 3.14. The molecule has 1 saturated carbocycles. The van der Waals surface area contributed by atoms with Crippen molar-refractivity contribution in [3.8, 4) is 11.5 Å². The Labute approximate surface area is 119 Å². The second kappa shape index (κ2) is 7.14. The summed E-state index contributed by atoms with van der Waals surface area (Å²) >= 11 is 0. The summed E-state index contributed by atoms with van der Waals surface area (Å²) in [6, 6.07) is 6.21. The van der Waals surface area contributed by atoms with E-state index in [1.165, 1.54) is 0 Å². The van der Waals surface area contributed by atoms with Gasteiger partial charge >= 0.3 is 0 Å². The number of carbonyl (C=O) groups is 1. The molecule has 0 spiro atoms. The fraction of sp³-hybridized carbons (Fsp3) is 0.533. The van der Waals surface area contributed by atoms with Crippen LogP contribution in [0.3, 0.4) is 0 Å². The van der Waals surface area contributed by atoms with Gasteiger partial charge in [0.05, 0.1) is 20.1 Å². The van der Waals surface area contributed by atoms with Crippen LogP contribution in [0.25, 0.3) is 0 Å². The maximum Gasteiger partial charge on any atom is 0.223 e. The summed E-state index contributed by atoms with van der Waals surface area (Å²) in [4.78, 5) is 11.5. The lowest BCUT2D eigenvalue weighted by Crippen LogP contribution is -2.26. The third kappa shape index (κ3) is 4.42. The van der Waals surface area contributed by atoms with Gasteiger partial charge in [-0.25, -0.2) is 0 Å². The summed E-state index contributed by atoms with van der Waals surface area (Å²) in [5, 5.41) is 6.02. The molecule has 0 radical (unpaired) electrons. The zero-order valence-electron chi connectivity index (χ0n) is 12.1. The van der Waals surface area contributed by atoms with E-state index in [-0.39, 0.29) is 5.91 Å². The Balaban J connectivity index is 1.82. The quantitative estimate of drug-likeness (QED) is 0.756. The number of hydrogen-bond acceptors (Lipinski definition) is 4. The van der Waals surface area contributed by atoms with Gasteiger partial charge < -0.3 is 20.1 Å². The van der Waals surface area contributed by atoms with E-state index in [1.54, 1.807) is 7.11 Å². The smallest absolute Gasteiger partial charge is 0.223 e. The van der Waals surface area contributed by atoms with Crippen molar-refractivity contribution in [3.63, 3.8) is 0 Å². The Morgan fingerprint density at radius 2 is 2.15 bits per heavy atom. The summed E-state index contributed by atoms with van der Waals surface area (Å²) in [7, 11) is 3.51. The number of benzene rings is 1. The predicted molar refractivity (Wildman–Crippen MR) is 77.0 cm³/mol. The minimum Gasteiger partial charge on any atom is -0.493 e. The Morgan fingerprint density at radius 3 is 2.80 bits per heavy atom. The van der Waals surface area contributed by atoms with Crippen LogP contribution in [0.5, 0.6) is 11.5 Å². The van der Waals surface area contributed by atoms with E-state index in [0.29, 0.717) is 30.6 Å². The van der Waals surface area contributed by atoms with Crippen LogP contribution in [-0.2, 0) is 11.3 Å². The molecule has 0 aliphatic heterocycles. The van der Waals surface area contributed by atoms with E-state index in [4.69, 9.17) is 9.47 Å². The van der Waals surface area contributed by atoms with Gasteiger partial charge in [-0.3, -0.25) is 4.79 Å². The molecule has 1 fully saturated rings. The molecule has 1 aliphatic carbocycles. The van der Waals surface area contributed by atoms with Crippen molar-refractivity contribution in [1.29, 1.82) is 0 Å². The molecule has 1 aromatic carbocycles. The second-order valence-corrected chi connectivity index (χ2v) is 4.96. The molecule has 5 heteroatoms. The van der Waals surface area contributed by atoms with Gasteiger partial charge in [-0.1, -0.05) is 6.07 Å². The van der Waals surface area contributed by atoms with E-state index in [1.807, 2.05) is 25.2 Å². The highest BCUT2D eigenvalue weighted by Crippen LogP contribution is 2.28. The minimum atomic E-state index is 0.0540. The molecule has 0 aromatic heterocycles. The molecular weight excluding hydrogens is 256 g/mol. The standard InChI is InChI=1S/C15H22N2O3/c1-16-10-11-3-6-13(14(9-11)19-2)20-8-7-15(18)17-12-4-5-12/h3,6,9,12,16H,4-5,7-8,10H2,1-2H3,(H,17,18). The summed E-state index contributed by atoms with van der Waals surface area (Å²) in [6.07, 6.45) is 2.58. The molecule has 0 bridgehead atoms. The number of amides is 1. The monoisotopic (exact) mass is 278 g/mol. The van der Waals surface area contributed by atoms with Gasteiger partial charge in [-0.15, -0.1) is 0 Å². The fourth-order valence-electron chi connectivity index (χ4n) is 1.93. The summed E-state index contributed by atoms with van der Waals surface area (Å²) < 4.78 is 10.9.